The molecule has 0 heterocycles. The number of ether oxygens (including phenoxy) is 1. The molecule has 0 aromatic rings. The Kier molecular flexibility index (Phi) is 7.77. The van der Waals surface area contributed by atoms with Crippen molar-refractivity contribution in [2.24, 2.45) is 5.73 Å². The number of hydrogen-bond donors (Lipinski definition) is 4. The van der Waals surface area contributed by atoms with Crippen LogP contribution in [0.3, 0.4) is 0 Å². The molecule has 0 amide bonds. The summed E-state index contributed by atoms with van der Waals surface area (Å²) in [5.74, 6) is 0. The number of unbranched alkanes of at least 4 members (excludes halogenated alkanes) is 1. The van der Waals surface area contributed by atoms with Crippen LogP contribution in [-0.4, -0.2) is 48.3 Å². The molecule has 1 aliphatic carbocycles. The summed E-state index contributed by atoms with van der Waals surface area (Å²) in [6, 6.07) is -0.332. The average molecular weight is 260 g/mol. The molecule has 5 nitrogen and oxygen atoms in total. The zero-order chi connectivity index (χ0) is 13.4. The van der Waals surface area contributed by atoms with E-state index in [-0.39, 0.29) is 18.2 Å². The molecule has 0 saturated heterocycles. The molecule has 5 heteroatoms. The first-order valence-corrected chi connectivity index (χ1v) is 7.05. The highest BCUT2D eigenvalue weighted by Crippen LogP contribution is 2.22. The van der Waals surface area contributed by atoms with E-state index in [0.717, 1.165) is 45.1 Å². The molecule has 0 radical (unpaired) electrons. The van der Waals surface area contributed by atoms with Crippen molar-refractivity contribution in [3.8, 4) is 0 Å². The first kappa shape index (κ1) is 15.9. The first-order chi connectivity index (χ1) is 8.63. The van der Waals surface area contributed by atoms with Crippen molar-refractivity contribution in [2.75, 3.05) is 13.6 Å². The highest BCUT2D eigenvalue weighted by molar-refractivity contribution is 4.74. The van der Waals surface area contributed by atoms with Crippen LogP contribution in [-0.2, 0) is 4.74 Å². The van der Waals surface area contributed by atoms with Gasteiger partial charge in [-0.25, -0.2) is 0 Å². The van der Waals surface area contributed by atoms with Crippen LogP contribution in [0.5, 0.6) is 0 Å². The number of hydrogen-bond acceptors (Lipinski definition) is 5. The third kappa shape index (κ3) is 6.11. The number of rotatable bonds is 8. The molecule has 108 valence electrons. The molecule has 1 fully saturated rings. The molecule has 0 aliphatic heterocycles. The van der Waals surface area contributed by atoms with E-state index in [2.05, 4.69) is 5.32 Å². The zero-order valence-electron chi connectivity index (χ0n) is 11.3. The van der Waals surface area contributed by atoms with Crippen LogP contribution in [0.1, 0.15) is 44.9 Å². The third-order valence-corrected chi connectivity index (χ3v) is 3.51. The third-order valence-electron chi connectivity index (χ3n) is 3.51. The Bertz CT molecular complexity index is 216. The summed E-state index contributed by atoms with van der Waals surface area (Å²) in [4.78, 5) is 0. The standard InChI is InChI=1S/C13H28N2O3/c1-15-8-3-2-7-12(14)13(17)18-11-6-4-5-10(16)9-11/h10-13,15-17H,2-9,14H2,1H3/t10-,11+,12+,13+/m0/s1. The molecule has 4 atom stereocenters. The quantitative estimate of drug-likeness (QED) is 0.373. The maximum atomic E-state index is 9.87. The van der Waals surface area contributed by atoms with Crippen LogP contribution in [0.2, 0.25) is 0 Å². The summed E-state index contributed by atoms with van der Waals surface area (Å²) >= 11 is 0. The predicted molar refractivity (Wildman–Crippen MR) is 71.1 cm³/mol. The van der Waals surface area contributed by atoms with Crippen LogP contribution in [0, 0.1) is 0 Å². The van der Waals surface area contributed by atoms with E-state index < -0.39 is 6.29 Å². The minimum Gasteiger partial charge on any atom is -0.393 e. The minimum atomic E-state index is -0.908. The van der Waals surface area contributed by atoms with Crippen LogP contribution in [0.15, 0.2) is 0 Å². The summed E-state index contributed by atoms with van der Waals surface area (Å²) in [5, 5.41) is 22.5. The molecule has 0 spiro atoms. The minimum absolute atomic E-state index is 0.0490. The second-order valence-electron chi connectivity index (χ2n) is 5.23. The van der Waals surface area contributed by atoms with E-state index in [0.29, 0.717) is 6.42 Å². The van der Waals surface area contributed by atoms with Gasteiger partial charge in [0.25, 0.3) is 0 Å². The summed E-state index contributed by atoms with van der Waals surface area (Å²) in [6.45, 7) is 0.971. The largest absolute Gasteiger partial charge is 0.393 e. The summed E-state index contributed by atoms with van der Waals surface area (Å²) in [5.41, 5.74) is 5.89. The second kappa shape index (κ2) is 8.82. The lowest BCUT2D eigenvalue weighted by Gasteiger charge is -2.30. The zero-order valence-corrected chi connectivity index (χ0v) is 11.3. The SMILES string of the molecule is CNCCCC[C@@H](N)[C@H](O)O[C@@H]1CCC[C@H](O)C1. The normalized spacial score (nSPS) is 28.0. The Balaban J connectivity index is 2.15. The number of nitrogens with two attached hydrogens (primary N) is 1. The van der Waals surface area contributed by atoms with E-state index in [1.54, 1.807) is 0 Å². The highest BCUT2D eigenvalue weighted by atomic mass is 16.6. The van der Waals surface area contributed by atoms with Crippen molar-refractivity contribution in [2.45, 2.75) is 69.5 Å². The second-order valence-corrected chi connectivity index (χ2v) is 5.23. The molecule has 1 saturated carbocycles. The van der Waals surface area contributed by atoms with Crippen molar-refractivity contribution in [3.05, 3.63) is 0 Å². The number of aliphatic hydroxyl groups excluding tert-OH is 2. The fourth-order valence-electron chi connectivity index (χ4n) is 2.37. The van der Waals surface area contributed by atoms with Gasteiger partial charge >= 0.3 is 0 Å². The van der Waals surface area contributed by atoms with Crippen LogP contribution in [0.4, 0.5) is 0 Å². The van der Waals surface area contributed by atoms with Crippen molar-refractivity contribution >= 4 is 0 Å². The maximum Gasteiger partial charge on any atom is 0.170 e. The fraction of sp³-hybridized carbons (Fsp3) is 1.00. The number of aliphatic hydroxyl groups is 2. The van der Waals surface area contributed by atoms with E-state index >= 15 is 0 Å². The van der Waals surface area contributed by atoms with Crippen molar-refractivity contribution in [1.29, 1.82) is 0 Å². The van der Waals surface area contributed by atoms with Crippen LogP contribution < -0.4 is 11.1 Å². The van der Waals surface area contributed by atoms with Gasteiger partial charge in [0.2, 0.25) is 0 Å². The lowest BCUT2D eigenvalue weighted by atomic mass is 9.95. The van der Waals surface area contributed by atoms with Gasteiger partial charge in [0.05, 0.1) is 18.2 Å². The molecule has 0 aromatic heterocycles. The highest BCUT2D eigenvalue weighted by Gasteiger charge is 2.25. The summed E-state index contributed by atoms with van der Waals surface area (Å²) in [7, 11) is 1.92. The molecule has 0 bridgehead atoms. The number of nitrogens with one attached hydrogen (secondary N) is 1. The van der Waals surface area contributed by atoms with Crippen LogP contribution in [0.25, 0.3) is 0 Å². The summed E-state index contributed by atoms with van der Waals surface area (Å²) in [6.07, 6.45) is 4.86. The Labute approximate surface area is 110 Å². The van der Waals surface area contributed by atoms with E-state index in [9.17, 15) is 10.2 Å². The van der Waals surface area contributed by atoms with Gasteiger partial charge in [-0.1, -0.05) is 6.42 Å². The molecule has 18 heavy (non-hydrogen) atoms. The van der Waals surface area contributed by atoms with Crippen molar-refractivity contribution < 1.29 is 14.9 Å². The monoisotopic (exact) mass is 260 g/mol. The molecule has 0 unspecified atom stereocenters. The molecular formula is C13H28N2O3. The van der Waals surface area contributed by atoms with Crippen molar-refractivity contribution in [3.63, 3.8) is 0 Å². The van der Waals surface area contributed by atoms with Crippen molar-refractivity contribution in [1.82, 2.24) is 5.32 Å². The molecule has 0 aromatic carbocycles. The van der Waals surface area contributed by atoms with Crippen LogP contribution >= 0.6 is 0 Å². The summed E-state index contributed by atoms with van der Waals surface area (Å²) < 4.78 is 5.54. The Hall–Kier alpha value is -0.200. The van der Waals surface area contributed by atoms with Gasteiger partial charge in [0.15, 0.2) is 6.29 Å². The Morgan fingerprint density at radius 2 is 2.17 bits per heavy atom. The van der Waals surface area contributed by atoms with Gasteiger partial charge in [-0.3, -0.25) is 0 Å². The van der Waals surface area contributed by atoms with Gasteiger partial charge in [-0.2, -0.15) is 0 Å². The van der Waals surface area contributed by atoms with Gasteiger partial charge in [0, 0.05) is 0 Å². The van der Waals surface area contributed by atoms with E-state index in [1.807, 2.05) is 7.05 Å². The first-order valence-electron chi connectivity index (χ1n) is 7.05. The van der Waals surface area contributed by atoms with Gasteiger partial charge in [0.1, 0.15) is 0 Å². The predicted octanol–water partition coefficient (Wildman–Crippen LogP) is 0.342. The van der Waals surface area contributed by atoms with Gasteiger partial charge < -0.3 is 26.0 Å². The molecular weight excluding hydrogens is 232 g/mol. The lowest BCUT2D eigenvalue weighted by molar-refractivity contribution is -0.163. The molecule has 5 N–H and O–H groups in total. The molecule has 1 rings (SSSR count). The van der Waals surface area contributed by atoms with Gasteiger partial charge in [-0.15, -0.1) is 0 Å². The molecule has 1 aliphatic rings. The maximum absolute atomic E-state index is 9.87. The van der Waals surface area contributed by atoms with Gasteiger partial charge in [-0.05, 0) is 52.1 Å². The topological polar surface area (TPSA) is 87.7 Å². The fourth-order valence-corrected chi connectivity index (χ4v) is 2.37. The Morgan fingerprint density at radius 1 is 1.39 bits per heavy atom. The lowest BCUT2D eigenvalue weighted by Crippen LogP contribution is -2.40. The van der Waals surface area contributed by atoms with E-state index in [1.165, 1.54) is 0 Å². The average Bonchev–Trinajstić information content (AvgIpc) is 2.34. The smallest absolute Gasteiger partial charge is 0.170 e. The van der Waals surface area contributed by atoms with E-state index in [4.69, 9.17) is 10.5 Å². The Morgan fingerprint density at radius 3 is 2.83 bits per heavy atom.